The summed E-state index contributed by atoms with van der Waals surface area (Å²) in [5, 5.41) is 5.81. The van der Waals surface area contributed by atoms with Crippen LogP contribution in [0.5, 0.6) is 0 Å². The van der Waals surface area contributed by atoms with Crippen LogP contribution in [0, 0.1) is 6.92 Å². The van der Waals surface area contributed by atoms with Gasteiger partial charge in [-0.05, 0) is 44.5 Å². The van der Waals surface area contributed by atoms with Crippen molar-refractivity contribution in [1.82, 2.24) is 20.2 Å². The van der Waals surface area contributed by atoms with Crippen molar-refractivity contribution in [3.05, 3.63) is 65.5 Å². The van der Waals surface area contributed by atoms with Crippen molar-refractivity contribution in [1.29, 1.82) is 0 Å². The van der Waals surface area contributed by atoms with Crippen LogP contribution < -0.4 is 10.6 Å². The van der Waals surface area contributed by atoms with E-state index < -0.39 is 0 Å². The molecule has 0 saturated carbocycles. The number of imidazole rings is 1. The van der Waals surface area contributed by atoms with E-state index in [1.165, 1.54) is 0 Å². The lowest BCUT2D eigenvalue weighted by Gasteiger charge is -2.13. The average molecular weight is 364 g/mol. The van der Waals surface area contributed by atoms with Gasteiger partial charge in [0.2, 0.25) is 5.91 Å². The van der Waals surface area contributed by atoms with Crippen molar-refractivity contribution >= 4 is 22.8 Å². The highest BCUT2D eigenvalue weighted by molar-refractivity contribution is 5.95. The Balaban J connectivity index is 1.83. The predicted octanol–water partition coefficient (Wildman–Crippen LogP) is 2.80. The minimum Gasteiger partial charge on any atom is -0.352 e. The Kier molecular flexibility index (Phi) is 5.54. The number of fused-ring (bicyclic) bond motifs is 1. The van der Waals surface area contributed by atoms with E-state index in [1.807, 2.05) is 67.8 Å². The summed E-state index contributed by atoms with van der Waals surface area (Å²) in [5.41, 5.74) is 3.23. The number of carbonyl (C=O) groups is 2. The predicted molar refractivity (Wildman–Crippen MR) is 105 cm³/mol. The first kappa shape index (κ1) is 18.6. The van der Waals surface area contributed by atoms with Crippen molar-refractivity contribution in [2.24, 2.45) is 0 Å². The van der Waals surface area contributed by atoms with Crippen molar-refractivity contribution in [2.45, 2.75) is 39.9 Å². The number of hydrogen-bond acceptors (Lipinski definition) is 3. The van der Waals surface area contributed by atoms with E-state index in [-0.39, 0.29) is 30.9 Å². The van der Waals surface area contributed by atoms with Gasteiger partial charge in [-0.15, -0.1) is 0 Å². The van der Waals surface area contributed by atoms with E-state index in [4.69, 9.17) is 0 Å². The molecule has 2 amide bonds. The zero-order valence-corrected chi connectivity index (χ0v) is 15.8. The molecular formula is C21H24N4O2. The van der Waals surface area contributed by atoms with Gasteiger partial charge in [-0.3, -0.25) is 9.59 Å². The molecular weight excluding hydrogens is 340 g/mol. The minimum atomic E-state index is -0.154. The molecule has 0 aliphatic heterocycles. The molecule has 0 unspecified atom stereocenters. The van der Waals surface area contributed by atoms with Crippen LogP contribution in [0.4, 0.5) is 0 Å². The Bertz CT molecular complexity index is 975. The molecule has 0 radical (unpaired) electrons. The molecule has 0 atom stereocenters. The van der Waals surface area contributed by atoms with E-state index in [0.29, 0.717) is 11.4 Å². The van der Waals surface area contributed by atoms with Gasteiger partial charge < -0.3 is 15.2 Å². The average Bonchev–Trinajstić information content (AvgIpc) is 2.97. The number of amides is 2. The second-order valence-corrected chi connectivity index (χ2v) is 6.82. The molecule has 2 aromatic carbocycles. The van der Waals surface area contributed by atoms with Crippen LogP contribution in [0.15, 0.2) is 48.5 Å². The zero-order chi connectivity index (χ0) is 19.4. The number of nitrogens with zero attached hydrogens (tertiary/aromatic N) is 2. The summed E-state index contributed by atoms with van der Waals surface area (Å²) < 4.78 is 1.85. The third kappa shape index (κ3) is 4.34. The van der Waals surface area contributed by atoms with Gasteiger partial charge in [0.05, 0.1) is 17.6 Å². The van der Waals surface area contributed by atoms with E-state index >= 15 is 0 Å². The zero-order valence-electron chi connectivity index (χ0n) is 15.8. The van der Waals surface area contributed by atoms with Gasteiger partial charge >= 0.3 is 0 Å². The van der Waals surface area contributed by atoms with Crippen LogP contribution >= 0.6 is 0 Å². The molecule has 0 aliphatic rings. The Morgan fingerprint density at radius 1 is 1.07 bits per heavy atom. The van der Waals surface area contributed by atoms with Gasteiger partial charge in [-0.25, -0.2) is 4.98 Å². The third-order valence-electron chi connectivity index (χ3n) is 4.28. The molecule has 6 heteroatoms. The fraction of sp³-hybridized carbons (Fsp3) is 0.286. The Morgan fingerprint density at radius 2 is 1.78 bits per heavy atom. The maximum absolute atomic E-state index is 12.5. The second-order valence-electron chi connectivity index (χ2n) is 6.82. The molecule has 1 heterocycles. The lowest BCUT2D eigenvalue weighted by molar-refractivity contribution is -0.122. The number of aryl methyl sites for hydroxylation is 1. The third-order valence-corrected chi connectivity index (χ3v) is 4.28. The fourth-order valence-corrected chi connectivity index (χ4v) is 3.03. The Morgan fingerprint density at radius 3 is 2.52 bits per heavy atom. The number of carbonyl (C=O) groups excluding carboxylic acids is 2. The molecule has 0 saturated heterocycles. The second kappa shape index (κ2) is 8.03. The SMILES string of the molecule is Cc1ccccc1C(=O)NCc1nc2ccccc2n1CC(=O)NC(C)C. The van der Waals surface area contributed by atoms with Crippen LogP contribution in [0.3, 0.4) is 0 Å². The topological polar surface area (TPSA) is 76.0 Å². The van der Waals surface area contributed by atoms with Crippen LogP contribution in [0.2, 0.25) is 0 Å². The van der Waals surface area contributed by atoms with Crippen LogP contribution in [0.1, 0.15) is 35.6 Å². The molecule has 27 heavy (non-hydrogen) atoms. The van der Waals surface area contributed by atoms with E-state index in [9.17, 15) is 9.59 Å². The minimum absolute atomic E-state index is 0.0662. The first-order chi connectivity index (χ1) is 13.0. The van der Waals surface area contributed by atoms with Crippen molar-refractivity contribution in [3.63, 3.8) is 0 Å². The highest BCUT2D eigenvalue weighted by atomic mass is 16.2. The molecule has 2 N–H and O–H groups in total. The molecule has 0 fully saturated rings. The Labute approximate surface area is 158 Å². The summed E-state index contributed by atoms with van der Waals surface area (Å²) in [5.74, 6) is 0.412. The van der Waals surface area contributed by atoms with E-state index in [2.05, 4.69) is 15.6 Å². The van der Waals surface area contributed by atoms with Gasteiger partial charge in [-0.2, -0.15) is 0 Å². The number of rotatable bonds is 6. The molecule has 0 spiro atoms. The summed E-state index contributed by atoms with van der Waals surface area (Å²) in [6, 6.07) is 15.2. The first-order valence-electron chi connectivity index (χ1n) is 9.03. The van der Waals surface area contributed by atoms with Gasteiger partial charge in [0.25, 0.3) is 5.91 Å². The molecule has 0 bridgehead atoms. The number of nitrogens with one attached hydrogen (secondary N) is 2. The number of para-hydroxylation sites is 2. The summed E-state index contributed by atoms with van der Waals surface area (Å²) in [7, 11) is 0. The van der Waals surface area contributed by atoms with E-state index in [0.717, 1.165) is 16.6 Å². The highest BCUT2D eigenvalue weighted by Crippen LogP contribution is 2.16. The quantitative estimate of drug-likeness (QED) is 0.706. The summed E-state index contributed by atoms with van der Waals surface area (Å²) in [6.07, 6.45) is 0. The van der Waals surface area contributed by atoms with Crippen LogP contribution in [-0.2, 0) is 17.9 Å². The molecule has 0 aliphatic carbocycles. The molecule has 1 aromatic heterocycles. The lowest BCUT2D eigenvalue weighted by atomic mass is 10.1. The van der Waals surface area contributed by atoms with Crippen LogP contribution in [0.25, 0.3) is 11.0 Å². The molecule has 6 nitrogen and oxygen atoms in total. The summed E-state index contributed by atoms with van der Waals surface area (Å²) >= 11 is 0. The number of benzene rings is 2. The largest absolute Gasteiger partial charge is 0.352 e. The van der Waals surface area contributed by atoms with Crippen molar-refractivity contribution < 1.29 is 9.59 Å². The summed E-state index contributed by atoms with van der Waals surface area (Å²) in [6.45, 7) is 6.16. The smallest absolute Gasteiger partial charge is 0.251 e. The monoisotopic (exact) mass is 364 g/mol. The molecule has 3 rings (SSSR count). The van der Waals surface area contributed by atoms with Gasteiger partial charge in [-0.1, -0.05) is 30.3 Å². The molecule has 3 aromatic rings. The normalized spacial score (nSPS) is 11.0. The van der Waals surface area contributed by atoms with Crippen LogP contribution in [-0.4, -0.2) is 27.4 Å². The first-order valence-corrected chi connectivity index (χ1v) is 9.03. The maximum Gasteiger partial charge on any atom is 0.251 e. The molecule has 140 valence electrons. The van der Waals surface area contributed by atoms with Crippen molar-refractivity contribution in [3.8, 4) is 0 Å². The van der Waals surface area contributed by atoms with Gasteiger partial charge in [0, 0.05) is 11.6 Å². The number of aromatic nitrogens is 2. The van der Waals surface area contributed by atoms with E-state index in [1.54, 1.807) is 6.07 Å². The van der Waals surface area contributed by atoms with Gasteiger partial charge in [0.15, 0.2) is 0 Å². The highest BCUT2D eigenvalue weighted by Gasteiger charge is 2.15. The van der Waals surface area contributed by atoms with Crippen molar-refractivity contribution in [2.75, 3.05) is 0 Å². The summed E-state index contributed by atoms with van der Waals surface area (Å²) in [4.78, 5) is 29.4. The lowest BCUT2D eigenvalue weighted by Crippen LogP contribution is -2.34. The van der Waals surface area contributed by atoms with Gasteiger partial charge in [0.1, 0.15) is 12.4 Å². The standard InChI is InChI=1S/C21H24N4O2/c1-14(2)23-20(26)13-25-18-11-7-6-10-17(18)24-19(25)12-22-21(27)16-9-5-4-8-15(16)3/h4-11,14H,12-13H2,1-3H3,(H,22,27)(H,23,26). The fourth-order valence-electron chi connectivity index (χ4n) is 3.03. The number of hydrogen-bond donors (Lipinski definition) is 2. The Hall–Kier alpha value is -3.15. The maximum atomic E-state index is 12.5.